The van der Waals surface area contributed by atoms with E-state index in [1.165, 1.54) is 11.1 Å². The van der Waals surface area contributed by atoms with Crippen LogP contribution in [0.4, 0.5) is 0 Å². The summed E-state index contributed by atoms with van der Waals surface area (Å²) in [7, 11) is 0. The maximum Gasteiger partial charge on any atom is 0.0692 e. The molecule has 2 aliphatic carbocycles. The third-order valence-corrected chi connectivity index (χ3v) is 3.84. The highest BCUT2D eigenvalue weighted by atomic mass is 14.5. The Balaban J connectivity index is 1.90. The number of fused-ring (bicyclic) bond motifs is 1. The maximum atomic E-state index is 9.15. The average molecular weight is 183 g/mol. The van der Waals surface area contributed by atoms with Crippen LogP contribution in [0, 0.1) is 22.7 Å². The van der Waals surface area contributed by atoms with Gasteiger partial charge in [0.25, 0.3) is 0 Å². The van der Waals surface area contributed by atoms with Crippen LogP contribution in [0.3, 0.4) is 0 Å². The predicted molar refractivity (Wildman–Crippen MR) is 54.6 cm³/mol. The van der Waals surface area contributed by atoms with Crippen LogP contribution in [0.15, 0.2) is 24.3 Å². The fraction of sp³-hybridized carbons (Fsp3) is 0.462. The van der Waals surface area contributed by atoms with E-state index in [9.17, 15) is 0 Å². The zero-order valence-corrected chi connectivity index (χ0v) is 8.16. The minimum Gasteiger partial charge on any atom is -0.198 e. The van der Waals surface area contributed by atoms with Gasteiger partial charge in [0.05, 0.1) is 11.5 Å². The number of hydrogen-bond acceptors (Lipinski definition) is 1. The zero-order valence-electron chi connectivity index (χ0n) is 8.16. The van der Waals surface area contributed by atoms with Crippen LogP contribution in [-0.2, 0) is 12.8 Å². The Morgan fingerprint density at radius 3 is 2.14 bits per heavy atom. The third kappa shape index (κ3) is 1.00. The summed E-state index contributed by atoms with van der Waals surface area (Å²) in [6.45, 7) is 0. The van der Waals surface area contributed by atoms with Crippen molar-refractivity contribution in [2.75, 3.05) is 0 Å². The van der Waals surface area contributed by atoms with E-state index in [0.717, 1.165) is 25.7 Å². The Hall–Kier alpha value is -1.29. The van der Waals surface area contributed by atoms with Gasteiger partial charge >= 0.3 is 0 Å². The van der Waals surface area contributed by atoms with Gasteiger partial charge in [-0.15, -0.1) is 0 Å². The van der Waals surface area contributed by atoms with E-state index in [-0.39, 0.29) is 5.41 Å². The van der Waals surface area contributed by atoms with Crippen molar-refractivity contribution in [3.05, 3.63) is 35.4 Å². The van der Waals surface area contributed by atoms with Crippen LogP contribution in [0.25, 0.3) is 0 Å². The van der Waals surface area contributed by atoms with E-state index in [1.54, 1.807) is 0 Å². The fourth-order valence-electron chi connectivity index (χ4n) is 2.70. The van der Waals surface area contributed by atoms with Gasteiger partial charge in [-0.25, -0.2) is 0 Å². The van der Waals surface area contributed by atoms with E-state index in [4.69, 9.17) is 5.26 Å². The van der Waals surface area contributed by atoms with E-state index >= 15 is 0 Å². The quantitative estimate of drug-likeness (QED) is 0.656. The van der Waals surface area contributed by atoms with Crippen molar-refractivity contribution in [3.63, 3.8) is 0 Å². The van der Waals surface area contributed by atoms with E-state index < -0.39 is 0 Å². The molecule has 0 amide bonds. The average Bonchev–Trinajstić information content (AvgIpc) is 2.91. The van der Waals surface area contributed by atoms with Gasteiger partial charge in [-0.05, 0) is 42.7 Å². The molecule has 1 fully saturated rings. The van der Waals surface area contributed by atoms with Crippen molar-refractivity contribution in [1.29, 1.82) is 5.26 Å². The van der Waals surface area contributed by atoms with Gasteiger partial charge in [0, 0.05) is 0 Å². The highest BCUT2D eigenvalue weighted by Crippen LogP contribution is 2.55. The van der Waals surface area contributed by atoms with Crippen LogP contribution in [0.5, 0.6) is 0 Å². The largest absolute Gasteiger partial charge is 0.198 e. The van der Waals surface area contributed by atoms with Gasteiger partial charge in [0.15, 0.2) is 0 Å². The number of hydrogen-bond donors (Lipinski definition) is 0. The molecule has 1 heteroatoms. The lowest BCUT2D eigenvalue weighted by molar-refractivity contribution is 0.403. The first-order chi connectivity index (χ1) is 6.84. The number of rotatable bonds is 1. The molecular weight excluding hydrogens is 170 g/mol. The first-order valence-corrected chi connectivity index (χ1v) is 5.32. The van der Waals surface area contributed by atoms with Crippen molar-refractivity contribution >= 4 is 0 Å². The zero-order chi connectivity index (χ0) is 9.60. The second-order valence-electron chi connectivity index (χ2n) is 4.64. The Bertz CT molecular complexity index is 384. The molecule has 70 valence electrons. The summed E-state index contributed by atoms with van der Waals surface area (Å²) < 4.78 is 0. The predicted octanol–water partition coefficient (Wildman–Crippen LogP) is 2.71. The lowest BCUT2D eigenvalue weighted by Gasteiger charge is -2.13. The molecule has 0 bridgehead atoms. The van der Waals surface area contributed by atoms with Crippen molar-refractivity contribution < 1.29 is 0 Å². The molecule has 1 aromatic rings. The minimum atomic E-state index is 0.0546. The van der Waals surface area contributed by atoms with Gasteiger partial charge in [-0.2, -0.15) is 5.26 Å². The standard InChI is InChI=1S/C13H13N/c14-9-13(5-6-13)12-7-10-3-1-2-4-11(10)8-12/h1-4,12H,5-8H2. The Labute approximate surface area is 84.4 Å². The molecule has 2 aliphatic rings. The second-order valence-corrected chi connectivity index (χ2v) is 4.64. The van der Waals surface area contributed by atoms with E-state index in [2.05, 4.69) is 30.3 Å². The smallest absolute Gasteiger partial charge is 0.0692 e. The Morgan fingerprint density at radius 2 is 1.71 bits per heavy atom. The lowest BCUT2D eigenvalue weighted by Crippen LogP contribution is -2.14. The number of nitriles is 1. The summed E-state index contributed by atoms with van der Waals surface area (Å²) in [6.07, 6.45) is 4.51. The highest BCUT2D eigenvalue weighted by molar-refractivity contribution is 5.35. The summed E-state index contributed by atoms with van der Waals surface area (Å²) in [4.78, 5) is 0. The molecule has 1 saturated carbocycles. The maximum absolute atomic E-state index is 9.15. The topological polar surface area (TPSA) is 23.8 Å². The molecule has 1 aromatic carbocycles. The molecule has 0 radical (unpaired) electrons. The van der Waals surface area contributed by atoms with Crippen molar-refractivity contribution in [1.82, 2.24) is 0 Å². The summed E-state index contributed by atoms with van der Waals surface area (Å²) in [5, 5.41) is 9.15. The van der Waals surface area contributed by atoms with Gasteiger partial charge in [-0.1, -0.05) is 24.3 Å². The molecule has 0 spiro atoms. The molecule has 0 heterocycles. The molecule has 14 heavy (non-hydrogen) atoms. The van der Waals surface area contributed by atoms with Gasteiger partial charge < -0.3 is 0 Å². The van der Waals surface area contributed by atoms with Gasteiger partial charge in [0.2, 0.25) is 0 Å². The molecule has 0 saturated heterocycles. The molecule has 1 nitrogen and oxygen atoms in total. The molecule has 0 unspecified atom stereocenters. The monoisotopic (exact) mass is 183 g/mol. The molecule has 3 rings (SSSR count). The summed E-state index contributed by atoms with van der Waals surface area (Å²) in [5.74, 6) is 0.602. The third-order valence-electron chi connectivity index (χ3n) is 3.84. The van der Waals surface area contributed by atoms with Gasteiger partial charge in [0.1, 0.15) is 0 Å². The molecule has 0 N–H and O–H groups in total. The van der Waals surface area contributed by atoms with Crippen LogP contribution < -0.4 is 0 Å². The minimum absolute atomic E-state index is 0.0546. The van der Waals surface area contributed by atoms with Crippen LogP contribution in [0.2, 0.25) is 0 Å². The molecule has 0 aliphatic heterocycles. The SMILES string of the molecule is N#CC1(C2Cc3ccccc3C2)CC1. The van der Waals surface area contributed by atoms with Crippen LogP contribution in [0.1, 0.15) is 24.0 Å². The lowest BCUT2D eigenvalue weighted by atomic mass is 9.88. The molecular formula is C13H13N. The Kier molecular flexibility index (Phi) is 1.50. The first-order valence-electron chi connectivity index (χ1n) is 5.32. The van der Waals surface area contributed by atoms with Crippen molar-refractivity contribution in [2.45, 2.75) is 25.7 Å². The first kappa shape index (κ1) is 8.05. The molecule has 0 atom stereocenters. The van der Waals surface area contributed by atoms with E-state index in [0.29, 0.717) is 5.92 Å². The fourth-order valence-corrected chi connectivity index (χ4v) is 2.70. The Morgan fingerprint density at radius 1 is 1.14 bits per heavy atom. The summed E-state index contributed by atoms with van der Waals surface area (Å²) in [5.41, 5.74) is 3.00. The number of benzene rings is 1. The highest BCUT2D eigenvalue weighted by Gasteiger charge is 2.51. The summed E-state index contributed by atoms with van der Waals surface area (Å²) in [6, 6.07) is 11.2. The van der Waals surface area contributed by atoms with Crippen molar-refractivity contribution in [2.24, 2.45) is 11.3 Å². The normalized spacial score (nSPS) is 22.8. The van der Waals surface area contributed by atoms with Crippen LogP contribution in [-0.4, -0.2) is 0 Å². The van der Waals surface area contributed by atoms with Crippen LogP contribution >= 0.6 is 0 Å². The van der Waals surface area contributed by atoms with Crippen molar-refractivity contribution in [3.8, 4) is 6.07 Å². The second kappa shape index (κ2) is 2.60. The van der Waals surface area contributed by atoms with E-state index in [1.807, 2.05) is 0 Å². The van der Waals surface area contributed by atoms with Gasteiger partial charge in [-0.3, -0.25) is 0 Å². The number of nitrogens with zero attached hydrogens (tertiary/aromatic N) is 1. The molecule has 0 aromatic heterocycles. The summed E-state index contributed by atoms with van der Waals surface area (Å²) >= 11 is 0.